The molecule has 1 atom stereocenters. The van der Waals surface area contributed by atoms with Gasteiger partial charge in [-0.1, -0.05) is 31.2 Å². The van der Waals surface area contributed by atoms with Crippen LogP contribution in [0.15, 0.2) is 48.7 Å². The Morgan fingerprint density at radius 3 is 2.82 bits per heavy atom. The summed E-state index contributed by atoms with van der Waals surface area (Å²) in [5.74, 6) is -0.325. The molecule has 1 aliphatic heterocycles. The Bertz CT molecular complexity index is 866. The van der Waals surface area contributed by atoms with E-state index in [0.29, 0.717) is 25.2 Å². The normalized spacial score (nSPS) is 19.5. The van der Waals surface area contributed by atoms with Crippen LogP contribution in [0.5, 0.6) is 0 Å². The number of anilines is 1. The highest BCUT2D eigenvalue weighted by atomic mass is 16.2. The molecule has 2 aromatic rings. The van der Waals surface area contributed by atoms with E-state index in [-0.39, 0.29) is 11.9 Å². The predicted molar refractivity (Wildman–Crippen MR) is 111 cm³/mol. The molecule has 6 nitrogen and oxygen atoms in total. The van der Waals surface area contributed by atoms with Crippen molar-refractivity contribution in [2.75, 3.05) is 18.4 Å². The number of hydrogen-bond acceptors (Lipinski definition) is 3. The van der Waals surface area contributed by atoms with Crippen molar-refractivity contribution in [2.24, 2.45) is 11.1 Å². The molecule has 3 N–H and O–H groups in total. The minimum atomic E-state index is -0.622. The number of pyridine rings is 1. The number of nitrogens with zero attached hydrogens (tertiary/aromatic N) is 2. The van der Waals surface area contributed by atoms with E-state index >= 15 is 0 Å². The zero-order valence-corrected chi connectivity index (χ0v) is 16.1. The standard InChI is InChI=1S/C22H26N4O2/c1-2-22(20(23)27)12-6-14-26(16-22)21(28)25-19-9-5-7-17(15-19)10-11-18-8-3-4-13-24-18/h3-5,7-11,13,15H,2,6,12,14,16H2,1H3,(H2,23,27)(H,25,28)/b11-10+/t22-/m0/s1. The molecular formula is C22H26N4O2. The average molecular weight is 378 g/mol. The van der Waals surface area contributed by atoms with Gasteiger partial charge in [-0.15, -0.1) is 0 Å². The van der Waals surface area contributed by atoms with Crippen LogP contribution in [0.2, 0.25) is 0 Å². The molecule has 146 valence electrons. The van der Waals surface area contributed by atoms with Crippen LogP contribution < -0.4 is 11.1 Å². The topological polar surface area (TPSA) is 88.3 Å². The molecule has 0 saturated carbocycles. The van der Waals surface area contributed by atoms with Crippen LogP contribution in [-0.4, -0.2) is 34.9 Å². The highest BCUT2D eigenvalue weighted by molar-refractivity contribution is 5.91. The van der Waals surface area contributed by atoms with Crippen LogP contribution in [0, 0.1) is 5.41 Å². The highest BCUT2D eigenvalue weighted by Gasteiger charge is 2.40. The zero-order chi connectivity index (χ0) is 20.0. The van der Waals surface area contributed by atoms with Crippen molar-refractivity contribution >= 4 is 29.8 Å². The summed E-state index contributed by atoms with van der Waals surface area (Å²) in [7, 11) is 0. The van der Waals surface area contributed by atoms with Gasteiger partial charge >= 0.3 is 6.03 Å². The van der Waals surface area contributed by atoms with Gasteiger partial charge in [0.15, 0.2) is 0 Å². The van der Waals surface area contributed by atoms with Crippen molar-refractivity contribution in [3.63, 3.8) is 0 Å². The van der Waals surface area contributed by atoms with Crippen LogP contribution in [0.4, 0.5) is 10.5 Å². The first kappa shape index (κ1) is 19.6. The van der Waals surface area contributed by atoms with Gasteiger partial charge in [0.05, 0.1) is 11.1 Å². The average Bonchev–Trinajstić information content (AvgIpc) is 2.73. The van der Waals surface area contributed by atoms with Crippen LogP contribution in [0.1, 0.15) is 37.4 Å². The fourth-order valence-electron chi connectivity index (χ4n) is 3.55. The summed E-state index contributed by atoms with van der Waals surface area (Å²) >= 11 is 0. The van der Waals surface area contributed by atoms with Crippen molar-refractivity contribution in [3.05, 3.63) is 59.9 Å². The molecule has 6 heteroatoms. The lowest BCUT2D eigenvalue weighted by Gasteiger charge is -2.40. The zero-order valence-electron chi connectivity index (χ0n) is 16.1. The summed E-state index contributed by atoms with van der Waals surface area (Å²) < 4.78 is 0. The van der Waals surface area contributed by atoms with Crippen LogP contribution in [0.3, 0.4) is 0 Å². The number of carbonyl (C=O) groups is 2. The molecule has 28 heavy (non-hydrogen) atoms. The minimum Gasteiger partial charge on any atom is -0.369 e. The van der Waals surface area contributed by atoms with Crippen molar-refractivity contribution in [1.29, 1.82) is 0 Å². The Hall–Kier alpha value is -3.15. The molecule has 1 fully saturated rings. The number of nitrogens with two attached hydrogens (primary N) is 1. The van der Waals surface area contributed by atoms with E-state index in [9.17, 15) is 9.59 Å². The second-order valence-electron chi connectivity index (χ2n) is 7.17. The molecule has 0 bridgehead atoms. The fraction of sp³-hybridized carbons (Fsp3) is 0.318. The number of likely N-dealkylation sites (tertiary alicyclic amines) is 1. The Balaban J connectivity index is 1.67. The lowest BCUT2D eigenvalue weighted by Crippen LogP contribution is -2.52. The summed E-state index contributed by atoms with van der Waals surface area (Å²) in [6, 6.07) is 13.1. The van der Waals surface area contributed by atoms with Gasteiger partial charge in [0, 0.05) is 25.0 Å². The van der Waals surface area contributed by atoms with Crippen LogP contribution >= 0.6 is 0 Å². The second-order valence-corrected chi connectivity index (χ2v) is 7.17. The van der Waals surface area contributed by atoms with Gasteiger partial charge < -0.3 is 16.0 Å². The number of primary amides is 1. The molecule has 0 spiro atoms. The molecule has 0 aliphatic carbocycles. The van der Waals surface area contributed by atoms with E-state index in [2.05, 4.69) is 10.3 Å². The predicted octanol–water partition coefficient (Wildman–Crippen LogP) is 3.76. The first-order valence-electron chi connectivity index (χ1n) is 9.57. The maximum Gasteiger partial charge on any atom is 0.321 e. The van der Waals surface area contributed by atoms with Gasteiger partial charge in [0.1, 0.15) is 0 Å². The molecule has 3 rings (SSSR count). The SMILES string of the molecule is CC[C@]1(C(N)=O)CCCN(C(=O)Nc2cccc(/C=C/c3ccccn3)c2)C1. The Kier molecular flexibility index (Phi) is 6.09. The minimum absolute atomic E-state index is 0.204. The highest BCUT2D eigenvalue weighted by Crippen LogP contribution is 2.33. The number of amides is 3. The van der Waals surface area contributed by atoms with E-state index < -0.39 is 5.41 Å². The van der Waals surface area contributed by atoms with Crippen molar-refractivity contribution in [3.8, 4) is 0 Å². The lowest BCUT2D eigenvalue weighted by molar-refractivity contribution is -0.130. The molecule has 1 saturated heterocycles. The maximum absolute atomic E-state index is 12.7. The van der Waals surface area contributed by atoms with E-state index in [1.54, 1.807) is 11.1 Å². The maximum atomic E-state index is 12.7. The third kappa shape index (κ3) is 4.57. The Morgan fingerprint density at radius 1 is 1.25 bits per heavy atom. The first-order valence-corrected chi connectivity index (χ1v) is 9.57. The number of urea groups is 1. The van der Waals surface area contributed by atoms with Crippen LogP contribution in [0.25, 0.3) is 12.2 Å². The molecule has 1 aromatic carbocycles. The number of nitrogens with one attached hydrogen (secondary N) is 1. The van der Waals surface area contributed by atoms with Gasteiger partial charge in [0.25, 0.3) is 0 Å². The first-order chi connectivity index (χ1) is 13.5. The molecule has 1 aromatic heterocycles. The molecule has 0 unspecified atom stereocenters. The Morgan fingerprint density at radius 2 is 2.11 bits per heavy atom. The van der Waals surface area contributed by atoms with Gasteiger partial charge in [-0.25, -0.2) is 4.79 Å². The second kappa shape index (κ2) is 8.69. The number of aromatic nitrogens is 1. The molecule has 3 amide bonds. The Labute approximate surface area is 165 Å². The third-order valence-corrected chi connectivity index (χ3v) is 5.34. The lowest BCUT2D eigenvalue weighted by atomic mass is 9.77. The summed E-state index contributed by atoms with van der Waals surface area (Å²) in [6.07, 6.45) is 7.77. The summed E-state index contributed by atoms with van der Waals surface area (Å²) in [5, 5.41) is 2.94. The number of piperidine rings is 1. The number of benzene rings is 1. The van der Waals surface area contributed by atoms with Gasteiger partial charge in [0.2, 0.25) is 5.91 Å². The molecular weight excluding hydrogens is 352 g/mol. The largest absolute Gasteiger partial charge is 0.369 e. The van der Waals surface area contributed by atoms with Crippen molar-refractivity contribution in [1.82, 2.24) is 9.88 Å². The summed E-state index contributed by atoms with van der Waals surface area (Å²) in [4.78, 5) is 30.6. The smallest absolute Gasteiger partial charge is 0.321 e. The quantitative estimate of drug-likeness (QED) is 0.830. The molecule has 1 aliphatic rings. The van der Waals surface area contributed by atoms with E-state index in [4.69, 9.17) is 5.73 Å². The van der Waals surface area contributed by atoms with Gasteiger partial charge in [-0.2, -0.15) is 0 Å². The van der Waals surface area contributed by atoms with Crippen molar-refractivity contribution < 1.29 is 9.59 Å². The monoisotopic (exact) mass is 378 g/mol. The van der Waals surface area contributed by atoms with Gasteiger partial charge in [-0.05, 0) is 55.2 Å². The number of hydrogen-bond donors (Lipinski definition) is 2. The summed E-state index contributed by atoms with van der Waals surface area (Å²) in [6.45, 7) is 2.94. The molecule has 2 heterocycles. The third-order valence-electron chi connectivity index (χ3n) is 5.34. The van der Waals surface area contributed by atoms with E-state index in [1.165, 1.54) is 0 Å². The van der Waals surface area contributed by atoms with E-state index in [0.717, 1.165) is 24.1 Å². The number of rotatable bonds is 5. The van der Waals surface area contributed by atoms with Gasteiger partial charge in [-0.3, -0.25) is 9.78 Å². The van der Waals surface area contributed by atoms with E-state index in [1.807, 2.05) is 61.5 Å². The number of carbonyl (C=O) groups excluding carboxylic acids is 2. The molecule has 0 radical (unpaired) electrons. The fourth-order valence-corrected chi connectivity index (χ4v) is 3.55. The van der Waals surface area contributed by atoms with Crippen LogP contribution in [-0.2, 0) is 4.79 Å². The summed E-state index contributed by atoms with van der Waals surface area (Å²) in [5.41, 5.74) is 7.53. The van der Waals surface area contributed by atoms with Crippen molar-refractivity contribution in [2.45, 2.75) is 26.2 Å².